The lowest BCUT2D eigenvalue weighted by atomic mass is 10.3. The van der Waals surface area contributed by atoms with Crippen molar-refractivity contribution in [3.8, 4) is 0 Å². The molecule has 0 bridgehead atoms. The van der Waals surface area contributed by atoms with Crippen molar-refractivity contribution in [2.24, 2.45) is 0 Å². The first-order valence-electron chi connectivity index (χ1n) is 7.04. The Morgan fingerprint density at radius 2 is 2.29 bits per heavy atom. The fraction of sp³-hybridized carbons (Fsp3) is 0.571. The van der Waals surface area contributed by atoms with Crippen LogP contribution in [0.2, 0.25) is 0 Å². The molecule has 7 heteroatoms. The van der Waals surface area contributed by atoms with Gasteiger partial charge in [-0.25, -0.2) is 12.7 Å². The molecule has 1 aromatic heterocycles. The highest BCUT2D eigenvalue weighted by molar-refractivity contribution is 9.11. The van der Waals surface area contributed by atoms with Crippen LogP contribution in [0.3, 0.4) is 0 Å². The van der Waals surface area contributed by atoms with Gasteiger partial charge in [0.15, 0.2) is 0 Å². The maximum atomic E-state index is 12.6. The van der Waals surface area contributed by atoms with Crippen LogP contribution in [0.4, 0.5) is 0 Å². The average molecular weight is 393 g/mol. The molecule has 1 aromatic rings. The number of nitrogens with one attached hydrogen (secondary N) is 1. The second-order valence-electron chi connectivity index (χ2n) is 5.26. The first-order valence-corrected chi connectivity index (χ1v) is 10.1. The summed E-state index contributed by atoms with van der Waals surface area (Å²) in [5, 5.41) is 3.41. The second kappa shape index (κ2) is 7.37. The van der Waals surface area contributed by atoms with Crippen LogP contribution < -0.4 is 5.32 Å². The van der Waals surface area contributed by atoms with Gasteiger partial charge < -0.3 is 5.32 Å². The molecule has 0 radical (unpaired) electrons. The zero-order valence-corrected chi connectivity index (χ0v) is 15.4. The van der Waals surface area contributed by atoms with Gasteiger partial charge in [0.05, 0.1) is 3.79 Å². The van der Waals surface area contributed by atoms with Crippen LogP contribution >= 0.6 is 27.3 Å². The molecule has 4 nitrogen and oxygen atoms in total. The molecule has 21 heavy (non-hydrogen) atoms. The minimum absolute atomic E-state index is 0.376. The summed E-state index contributed by atoms with van der Waals surface area (Å²) in [6.45, 7) is 4.90. The van der Waals surface area contributed by atoms with E-state index in [-0.39, 0.29) is 0 Å². The quantitative estimate of drug-likeness (QED) is 0.517. The van der Waals surface area contributed by atoms with E-state index in [2.05, 4.69) is 27.8 Å². The van der Waals surface area contributed by atoms with Crippen LogP contribution in [0.5, 0.6) is 0 Å². The molecule has 1 N–H and O–H groups in total. The first-order chi connectivity index (χ1) is 9.95. The molecular weight excluding hydrogens is 372 g/mol. The number of thiophene rings is 1. The van der Waals surface area contributed by atoms with Crippen molar-refractivity contribution in [3.05, 3.63) is 27.4 Å². The molecule has 1 aliphatic carbocycles. The lowest BCUT2D eigenvalue weighted by Gasteiger charge is -2.16. The third kappa shape index (κ3) is 4.63. The van der Waals surface area contributed by atoms with E-state index in [1.54, 1.807) is 13.1 Å². The standard InChI is InChI=1S/C14H21BrN2O2S2/c1-3-4-5-8-17(2)21(18,19)13-9-12(20-14(13)15)10-16-11-6-7-11/h3,9,11,16H,1,4-8,10H2,2H3. The normalized spacial score (nSPS) is 15.6. The van der Waals surface area contributed by atoms with Crippen molar-refractivity contribution in [1.82, 2.24) is 9.62 Å². The zero-order valence-electron chi connectivity index (χ0n) is 12.1. The van der Waals surface area contributed by atoms with Gasteiger partial charge in [-0.2, -0.15) is 0 Å². The number of allylic oxidation sites excluding steroid dienone is 1. The number of rotatable bonds is 9. The van der Waals surface area contributed by atoms with Crippen molar-refractivity contribution in [3.63, 3.8) is 0 Å². The molecule has 1 aliphatic rings. The van der Waals surface area contributed by atoms with Gasteiger partial charge in [0.2, 0.25) is 10.0 Å². The number of nitrogens with zero attached hydrogens (tertiary/aromatic N) is 1. The number of unbranched alkanes of at least 4 members (excludes halogenated alkanes) is 1. The van der Waals surface area contributed by atoms with E-state index in [0.29, 0.717) is 21.3 Å². The SMILES string of the molecule is C=CCCCN(C)S(=O)(=O)c1cc(CNC2CC2)sc1Br. The van der Waals surface area contributed by atoms with Crippen molar-refractivity contribution < 1.29 is 8.42 Å². The molecule has 0 unspecified atom stereocenters. The molecule has 0 aliphatic heterocycles. The molecular formula is C14H21BrN2O2S2. The van der Waals surface area contributed by atoms with Crippen LogP contribution in [-0.2, 0) is 16.6 Å². The fourth-order valence-corrected chi connectivity index (χ4v) is 5.73. The molecule has 0 aromatic carbocycles. The van der Waals surface area contributed by atoms with Crippen molar-refractivity contribution >= 4 is 37.3 Å². The minimum Gasteiger partial charge on any atom is -0.309 e. The Labute approximate surface area is 139 Å². The van der Waals surface area contributed by atoms with E-state index < -0.39 is 10.0 Å². The number of hydrogen-bond donors (Lipinski definition) is 1. The number of hydrogen-bond acceptors (Lipinski definition) is 4. The van der Waals surface area contributed by atoms with Gasteiger partial charge >= 0.3 is 0 Å². The van der Waals surface area contributed by atoms with E-state index in [0.717, 1.165) is 24.3 Å². The first kappa shape index (κ1) is 17.1. The lowest BCUT2D eigenvalue weighted by Crippen LogP contribution is -2.27. The Morgan fingerprint density at radius 1 is 1.57 bits per heavy atom. The van der Waals surface area contributed by atoms with Gasteiger partial charge in [0, 0.05) is 31.1 Å². The van der Waals surface area contributed by atoms with Gasteiger partial charge in [-0.15, -0.1) is 17.9 Å². The summed E-state index contributed by atoms with van der Waals surface area (Å²) in [4.78, 5) is 1.42. The summed E-state index contributed by atoms with van der Waals surface area (Å²) in [7, 11) is -1.79. The maximum absolute atomic E-state index is 12.6. The zero-order chi connectivity index (χ0) is 15.5. The molecule has 0 atom stereocenters. The summed E-state index contributed by atoms with van der Waals surface area (Å²) >= 11 is 4.88. The molecule has 118 valence electrons. The highest BCUT2D eigenvalue weighted by Crippen LogP contribution is 2.33. The number of halogens is 1. The van der Waals surface area contributed by atoms with Gasteiger partial charge in [0.25, 0.3) is 0 Å². The van der Waals surface area contributed by atoms with Crippen LogP contribution in [0, 0.1) is 0 Å². The number of sulfonamides is 1. The van der Waals surface area contributed by atoms with Crippen LogP contribution in [-0.4, -0.2) is 32.4 Å². The van der Waals surface area contributed by atoms with Gasteiger partial charge in [0.1, 0.15) is 4.90 Å². The van der Waals surface area contributed by atoms with Crippen LogP contribution in [0.25, 0.3) is 0 Å². The van der Waals surface area contributed by atoms with Gasteiger partial charge in [-0.1, -0.05) is 6.08 Å². The topological polar surface area (TPSA) is 49.4 Å². The lowest BCUT2D eigenvalue weighted by molar-refractivity contribution is 0.462. The molecule has 2 rings (SSSR count). The Kier molecular flexibility index (Phi) is 6.02. The van der Waals surface area contributed by atoms with E-state index in [1.165, 1.54) is 28.5 Å². The maximum Gasteiger partial charge on any atom is 0.244 e. The Hall–Kier alpha value is -0.210. The van der Waals surface area contributed by atoms with E-state index in [1.807, 2.05) is 6.08 Å². The molecule has 0 saturated heterocycles. The highest BCUT2D eigenvalue weighted by Gasteiger charge is 2.26. The Balaban J connectivity index is 2.05. The minimum atomic E-state index is -3.42. The second-order valence-corrected chi connectivity index (χ2v) is 9.73. The van der Waals surface area contributed by atoms with Crippen molar-refractivity contribution in [2.75, 3.05) is 13.6 Å². The monoisotopic (exact) mass is 392 g/mol. The summed E-state index contributed by atoms with van der Waals surface area (Å²) in [5.74, 6) is 0. The molecule has 1 fully saturated rings. The van der Waals surface area contributed by atoms with E-state index in [4.69, 9.17) is 0 Å². The average Bonchev–Trinajstić information content (AvgIpc) is 3.18. The predicted molar refractivity (Wildman–Crippen MR) is 91.1 cm³/mol. The van der Waals surface area contributed by atoms with Gasteiger partial charge in [-0.3, -0.25) is 0 Å². The van der Waals surface area contributed by atoms with Crippen molar-refractivity contribution in [1.29, 1.82) is 0 Å². The fourth-order valence-electron chi connectivity index (χ4n) is 1.94. The Morgan fingerprint density at radius 3 is 2.90 bits per heavy atom. The molecule has 0 amide bonds. The molecule has 1 saturated carbocycles. The van der Waals surface area contributed by atoms with Crippen LogP contribution in [0.1, 0.15) is 30.6 Å². The molecule has 0 spiro atoms. The van der Waals surface area contributed by atoms with Crippen molar-refractivity contribution in [2.45, 2.75) is 43.2 Å². The summed E-state index contributed by atoms with van der Waals surface area (Å²) in [5.41, 5.74) is 0. The molecule has 1 heterocycles. The predicted octanol–water partition coefficient (Wildman–Crippen LogP) is 3.35. The smallest absolute Gasteiger partial charge is 0.244 e. The third-order valence-electron chi connectivity index (χ3n) is 3.42. The van der Waals surface area contributed by atoms with Crippen LogP contribution in [0.15, 0.2) is 27.4 Å². The highest BCUT2D eigenvalue weighted by atomic mass is 79.9. The van der Waals surface area contributed by atoms with E-state index in [9.17, 15) is 8.42 Å². The van der Waals surface area contributed by atoms with E-state index >= 15 is 0 Å². The summed E-state index contributed by atoms with van der Waals surface area (Å²) < 4.78 is 27.2. The summed E-state index contributed by atoms with van der Waals surface area (Å²) in [6.07, 6.45) is 5.87. The summed E-state index contributed by atoms with van der Waals surface area (Å²) in [6, 6.07) is 2.40. The third-order valence-corrected chi connectivity index (χ3v) is 7.53. The van der Waals surface area contributed by atoms with Gasteiger partial charge in [-0.05, 0) is 47.7 Å². The largest absolute Gasteiger partial charge is 0.309 e. The Bertz CT molecular complexity index is 594.